The number of benzene rings is 1. The number of ether oxygens (including phenoxy) is 1. The van der Waals surface area contributed by atoms with E-state index in [1.54, 1.807) is 0 Å². The number of aryl methyl sites for hydroxylation is 1. The van der Waals surface area contributed by atoms with Crippen molar-refractivity contribution in [3.8, 4) is 17.6 Å². The van der Waals surface area contributed by atoms with Crippen LogP contribution in [0.1, 0.15) is 11.4 Å². The molecule has 0 spiro atoms. The molecule has 1 aromatic carbocycles. The van der Waals surface area contributed by atoms with Crippen LogP contribution in [0.25, 0.3) is 11.2 Å². The minimum atomic E-state index is -2.90. The molecule has 2 heterocycles. The fourth-order valence-electron chi connectivity index (χ4n) is 2.39. The van der Waals surface area contributed by atoms with Gasteiger partial charge in [0.05, 0.1) is 6.20 Å². The van der Waals surface area contributed by atoms with Crippen LogP contribution in [-0.2, 0) is 7.05 Å². The van der Waals surface area contributed by atoms with Gasteiger partial charge >= 0.3 is 18.3 Å². The largest absolute Gasteiger partial charge is 0.435 e. The number of hydrogen-bond donors (Lipinski definition) is 0. The smallest absolute Gasteiger partial charge is 0.387 e. The lowest BCUT2D eigenvalue weighted by Gasteiger charge is -2.09. The fraction of sp³-hybridized carbons (Fsp3) is 0.222. The molecule has 3 aromatic rings. The summed E-state index contributed by atoms with van der Waals surface area (Å²) >= 11 is 0. The van der Waals surface area contributed by atoms with Crippen LogP contribution in [0, 0.1) is 11.8 Å². The lowest BCUT2D eigenvalue weighted by molar-refractivity contribution is -0.0498. The Labute approximate surface area is 158 Å². The monoisotopic (exact) mass is 387 g/mol. The average molecular weight is 387 g/mol. The Balaban J connectivity index is 1.98. The van der Waals surface area contributed by atoms with Crippen molar-refractivity contribution in [2.45, 2.75) is 6.61 Å². The topological polar surface area (TPSA) is 82.2 Å². The lowest BCUT2D eigenvalue weighted by Crippen LogP contribution is -2.35. The number of carbonyl (C=O) groups is 1. The molecule has 10 heteroatoms. The Bertz CT molecular complexity index is 1150. The highest BCUT2D eigenvalue weighted by molar-refractivity contribution is 5.86. The van der Waals surface area contributed by atoms with Crippen molar-refractivity contribution in [3.05, 3.63) is 52.3 Å². The molecule has 0 N–H and O–H groups in total. The number of hydrogen-bond acceptors (Lipinski definition) is 5. The van der Waals surface area contributed by atoms with Crippen LogP contribution in [-0.4, -0.2) is 50.7 Å². The van der Waals surface area contributed by atoms with Crippen molar-refractivity contribution in [2.24, 2.45) is 7.05 Å². The second kappa shape index (κ2) is 7.48. The highest BCUT2D eigenvalue weighted by Gasteiger charge is 2.19. The number of halogens is 2. The van der Waals surface area contributed by atoms with E-state index in [9.17, 15) is 18.4 Å². The van der Waals surface area contributed by atoms with Gasteiger partial charge in [-0.05, 0) is 30.2 Å². The molecular weight excluding hydrogens is 372 g/mol. The lowest BCUT2D eigenvalue weighted by atomic mass is 10.2. The van der Waals surface area contributed by atoms with Gasteiger partial charge in [0.1, 0.15) is 11.3 Å². The quantitative estimate of drug-likeness (QED) is 0.625. The van der Waals surface area contributed by atoms with E-state index >= 15 is 0 Å². The first-order chi connectivity index (χ1) is 13.3. The van der Waals surface area contributed by atoms with E-state index in [4.69, 9.17) is 0 Å². The van der Waals surface area contributed by atoms with Crippen molar-refractivity contribution in [1.82, 2.24) is 24.0 Å². The minimum absolute atomic E-state index is 0.0220. The fourth-order valence-corrected chi connectivity index (χ4v) is 2.39. The molecule has 28 heavy (non-hydrogen) atoms. The molecule has 0 atom stereocenters. The normalized spacial score (nSPS) is 10.6. The molecule has 0 radical (unpaired) electrons. The van der Waals surface area contributed by atoms with E-state index in [0.717, 1.165) is 4.57 Å². The van der Waals surface area contributed by atoms with E-state index in [2.05, 4.69) is 26.5 Å². The molecular formula is C18H15F2N5O3. The third-order valence-corrected chi connectivity index (χ3v) is 3.77. The highest BCUT2D eigenvalue weighted by atomic mass is 19.3. The average Bonchev–Trinajstić information content (AvgIpc) is 2.90. The predicted molar refractivity (Wildman–Crippen MR) is 96.3 cm³/mol. The van der Waals surface area contributed by atoms with Gasteiger partial charge in [0.2, 0.25) is 5.82 Å². The van der Waals surface area contributed by atoms with Crippen LogP contribution < -0.4 is 10.4 Å². The molecule has 0 saturated heterocycles. The molecule has 0 aliphatic heterocycles. The van der Waals surface area contributed by atoms with Crippen LogP contribution in [0.15, 0.2) is 35.3 Å². The molecule has 3 rings (SSSR count). The summed E-state index contributed by atoms with van der Waals surface area (Å²) in [7, 11) is 4.57. The summed E-state index contributed by atoms with van der Waals surface area (Å²) in [5.74, 6) is 5.64. The van der Waals surface area contributed by atoms with Crippen LogP contribution in [0.3, 0.4) is 0 Å². The second-order valence-electron chi connectivity index (χ2n) is 5.91. The number of nitrogens with zero attached hydrogens (tertiary/aromatic N) is 5. The van der Waals surface area contributed by atoms with Crippen LogP contribution in [0.2, 0.25) is 0 Å². The first kappa shape index (κ1) is 19.0. The summed E-state index contributed by atoms with van der Waals surface area (Å²) < 4.78 is 30.8. The van der Waals surface area contributed by atoms with Crippen molar-refractivity contribution in [3.63, 3.8) is 0 Å². The maximum atomic E-state index is 12.3. The van der Waals surface area contributed by atoms with Crippen molar-refractivity contribution in [1.29, 1.82) is 0 Å². The molecule has 0 aliphatic carbocycles. The van der Waals surface area contributed by atoms with Gasteiger partial charge in [-0.1, -0.05) is 5.92 Å². The highest BCUT2D eigenvalue weighted by Crippen LogP contribution is 2.14. The predicted octanol–water partition coefficient (Wildman–Crippen LogP) is 1.66. The molecule has 0 fully saturated rings. The summed E-state index contributed by atoms with van der Waals surface area (Å²) in [6, 6.07) is 5.22. The number of fused-ring (bicyclic) bond motifs is 1. The first-order valence-corrected chi connectivity index (χ1v) is 8.01. The van der Waals surface area contributed by atoms with Gasteiger partial charge < -0.3 is 9.64 Å². The van der Waals surface area contributed by atoms with Gasteiger partial charge in [-0.2, -0.15) is 13.3 Å². The van der Waals surface area contributed by atoms with Gasteiger partial charge in [0, 0.05) is 26.7 Å². The molecule has 2 aromatic heterocycles. The molecule has 1 amide bonds. The van der Waals surface area contributed by atoms with E-state index in [1.807, 2.05) is 0 Å². The molecule has 0 bridgehead atoms. The van der Waals surface area contributed by atoms with E-state index < -0.39 is 18.3 Å². The standard InChI is InChI=1S/C18H15F2N5O3/c1-23(2)17(26)25-15-13(24(3)18(25)27)10-21-14(22-15)9-6-11-4-7-12(8-5-11)28-16(19)20/h4-5,7-8,10,16H,1-3H3. The van der Waals surface area contributed by atoms with Gasteiger partial charge in [-0.15, -0.1) is 0 Å². The van der Waals surface area contributed by atoms with Gasteiger partial charge in [0.15, 0.2) is 5.65 Å². The Morgan fingerprint density at radius 2 is 1.89 bits per heavy atom. The maximum Gasteiger partial charge on any atom is 0.387 e. The summed E-state index contributed by atoms with van der Waals surface area (Å²) in [5, 5.41) is 0. The summed E-state index contributed by atoms with van der Waals surface area (Å²) in [6.07, 6.45) is 1.41. The Morgan fingerprint density at radius 1 is 1.21 bits per heavy atom. The zero-order valence-corrected chi connectivity index (χ0v) is 15.2. The number of imidazole rings is 1. The number of rotatable bonds is 2. The Hall–Kier alpha value is -3.74. The molecule has 0 aliphatic rings. The van der Waals surface area contributed by atoms with E-state index in [-0.39, 0.29) is 17.2 Å². The third-order valence-electron chi connectivity index (χ3n) is 3.77. The summed E-state index contributed by atoms with van der Waals surface area (Å²) in [4.78, 5) is 34.2. The van der Waals surface area contributed by atoms with Crippen molar-refractivity contribution in [2.75, 3.05) is 14.1 Å². The molecule has 8 nitrogen and oxygen atoms in total. The SMILES string of the molecule is CN(C)C(=O)n1c(=O)n(C)c2cnc(C#Cc3ccc(OC(F)F)cc3)nc21. The van der Waals surface area contributed by atoms with Crippen LogP contribution in [0.5, 0.6) is 5.75 Å². The van der Waals surface area contributed by atoms with Crippen LogP contribution in [0.4, 0.5) is 13.6 Å². The molecule has 0 saturated carbocycles. The molecule has 0 unspecified atom stereocenters. The van der Waals surface area contributed by atoms with Crippen molar-refractivity contribution < 1.29 is 18.3 Å². The number of amides is 1. The Morgan fingerprint density at radius 3 is 2.50 bits per heavy atom. The Kier molecular flexibility index (Phi) is 5.08. The zero-order chi connectivity index (χ0) is 20.4. The van der Waals surface area contributed by atoms with Gasteiger partial charge in [0.25, 0.3) is 0 Å². The number of carbonyl (C=O) groups excluding carboxylic acids is 1. The maximum absolute atomic E-state index is 12.3. The minimum Gasteiger partial charge on any atom is -0.435 e. The van der Waals surface area contributed by atoms with E-state index in [0.29, 0.717) is 11.1 Å². The molecule has 144 valence electrons. The van der Waals surface area contributed by atoms with E-state index in [1.165, 1.54) is 61.1 Å². The van der Waals surface area contributed by atoms with Gasteiger partial charge in [-0.3, -0.25) is 4.57 Å². The van der Waals surface area contributed by atoms with Gasteiger partial charge in [-0.25, -0.2) is 19.6 Å². The number of aromatic nitrogens is 4. The second-order valence-corrected chi connectivity index (χ2v) is 5.91. The zero-order valence-electron chi connectivity index (χ0n) is 15.2. The first-order valence-electron chi connectivity index (χ1n) is 8.01. The summed E-state index contributed by atoms with van der Waals surface area (Å²) in [5.41, 5.74) is 0.522. The van der Waals surface area contributed by atoms with Crippen LogP contribution >= 0.6 is 0 Å². The summed E-state index contributed by atoms with van der Waals surface area (Å²) in [6.45, 7) is -2.90. The van der Waals surface area contributed by atoms with Crippen molar-refractivity contribution >= 4 is 17.2 Å². The number of alkyl halides is 2. The third kappa shape index (κ3) is 3.68.